The fourth-order valence-corrected chi connectivity index (χ4v) is 2.01. The molecule has 0 bridgehead atoms. The summed E-state index contributed by atoms with van der Waals surface area (Å²) in [5, 5.41) is 0. The van der Waals surface area contributed by atoms with Crippen LogP contribution in [0.4, 0.5) is 5.69 Å². The number of hydrogen-bond donors (Lipinski definition) is 0. The van der Waals surface area contributed by atoms with E-state index in [0.29, 0.717) is 4.51 Å². The standard InChI is InChI=1S/C11H18N2OS/c1-5-12(3)6-7-13(4)9-8(2)10(14)11(9)15/h5-7H2,1-4H3. The van der Waals surface area contributed by atoms with Crippen LogP contribution in [-0.4, -0.2) is 38.6 Å². The van der Waals surface area contributed by atoms with E-state index in [0.717, 1.165) is 30.9 Å². The van der Waals surface area contributed by atoms with Crippen LogP contribution in [0.25, 0.3) is 0 Å². The molecule has 1 aromatic carbocycles. The lowest BCUT2D eigenvalue weighted by atomic mass is 10.1. The molecule has 0 aliphatic carbocycles. The van der Waals surface area contributed by atoms with E-state index in [2.05, 4.69) is 23.8 Å². The van der Waals surface area contributed by atoms with Crippen molar-refractivity contribution in [2.45, 2.75) is 13.8 Å². The van der Waals surface area contributed by atoms with E-state index >= 15 is 0 Å². The predicted molar refractivity (Wildman–Crippen MR) is 67.1 cm³/mol. The lowest BCUT2D eigenvalue weighted by molar-refractivity contribution is 0.360. The third kappa shape index (κ3) is 2.44. The van der Waals surface area contributed by atoms with Gasteiger partial charge >= 0.3 is 0 Å². The molecule has 0 atom stereocenters. The van der Waals surface area contributed by atoms with Gasteiger partial charge in [-0.2, -0.15) is 0 Å². The van der Waals surface area contributed by atoms with Gasteiger partial charge in [-0.25, -0.2) is 0 Å². The lowest BCUT2D eigenvalue weighted by Gasteiger charge is -2.25. The zero-order valence-electron chi connectivity index (χ0n) is 9.83. The van der Waals surface area contributed by atoms with E-state index < -0.39 is 0 Å². The molecule has 0 N–H and O–H groups in total. The highest BCUT2D eigenvalue weighted by atomic mass is 32.1. The Labute approximate surface area is 96.0 Å². The SMILES string of the molecule is CCN(C)CCN(C)c1c(C)c(=O)c1=S. The van der Waals surface area contributed by atoms with Gasteiger partial charge < -0.3 is 9.80 Å². The largest absolute Gasteiger partial charge is 0.372 e. The van der Waals surface area contributed by atoms with Gasteiger partial charge in [0.05, 0.1) is 5.69 Å². The van der Waals surface area contributed by atoms with Crippen molar-refractivity contribution in [1.29, 1.82) is 0 Å². The van der Waals surface area contributed by atoms with Gasteiger partial charge in [-0.3, -0.25) is 4.79 Å². The maximum atomic E-state index is 11.2. The summed E-state index contributed by atoms with van der Waals surface area (Å²) in [5.41, 5.74) is 1.80. The van der Waals surface area contributed by atoms with E-state index in [-0.39, 0.29) is 5.43 Å². The summed E-state index contributed by atoms with van der Waals surface area (Å²) in [6.45, 7) is 6.90. The third-order valence-corrected chi connectivity index (χ3v) is 3.23. The summed E-state index contributed by atoms with van der Waals surface area (Å²) in [6, 6.07) is 0. The fourth-order valence-electron chi connectivity index (χ4n) is 1.54. The molecule has 0 saturated heterocycles. The molecular formula is C11H18N2OS. The first-order valence-electron chi connectivity index (χ1n) is 5.18. The molecule has 0 spiro atoms. The van der Waals surface area contributed by atoms with E-state index in [1.807, 2.05) is 14.0 Å². The minimum absolute atomic E-state index is 0.0377. The molecule has 1 aromatic rings. The average molecular weight is 226 g/mol. The topological polar surface area (TPSA) is 23.6 Å². The monoisotopic (exact) mass is 226 g/mol. The Hall–Kier alpha value is -0.740. The molecule has 3 nitrogen and oxygen atoms in total. The van der Waals surface area contributed by atoms with Crippen LogP contribution in [0.3, 0.4) is 0 Å². The second kappa shape index (κ2) is 4.86. The molecule has 1 rings (SSSR count). The number of rotatable bonds is 5. The Bertz CT molecular complexity index is 407. The molecule has 4 heteroatoms. The van der Waals surface area contributed by atoms with E-state index in [1.165, 1.54) is 0 Å². The molecule has 0 aliphatic rings. The van der Waals surface area contributed by atoms with Gasteiger partial charge in [0.1, 0.15) is 4.51 Å². The average Bonchev–Trinajstić information content (AvgIpc) is 2.25. The van der Waals surface area contributed by atoms with E-state index in [1.54, 1.807) is 0 Å². The van der Waals surface area contributed by atoms with Crippen molar-refractivity contribution < 1.29 is 0 Å². The van der Waals surface area contributed by atoms with Crippen LogP contribution >= 0.6 is 12.2 Å². The Morgan fingerprint density at radius 1 is 1.27 bits per heavy atom. The molecule has 15 heavy (non-hydrogen) atoms. The van der Waals surface area contributed by atoms with Crippen molar-refractivity contribution in [3.63, 3.8) is 0 Å². The van der Waals surface area contributed by atoms with Crippen LogP contribution in [0.1, 0.15) is 12.5 Å². The van der Waals surface area contributed by atoms with Gasteiger partial charge in [0.25, 0.3) is 0 Å². The first kappa shape index (κ1) is 12.3. The number of hydrogen-bond acceptors (Lipinski definition) is 4. The van der Waals surface area contributed by atoms with Crippen LogP contribution < -0.4 is 10.3 Å². The molecule has 0 aliphatic heterocycles. The number of nitrogens with zero attached hydrogens (tertiary/aromatic N) is 2. The molecule has 0 saturated carbocycles. The molecule has 0 fully saturated rings. The Balaban J connectivity index is 2.60. The lowest BCUT2D eigenvalue weighted by Crippen LogP contribution is -2.34. The van der Waals surface area contributed by atoms with Crippen molar-refractivity contribution in [1.82, 2.24) is 4.90 Å². The molecule has 0 amide bonds. The van der Waals surface area contributed by atoms with Gasteiger partial charge in [0.2, 0.25) is 5.43 Å². The maximum Gasteiger partial charge on any atom is 0.203 e. The fraction of sp³-hybridized carbons (Fsp3) is 0.636. The number of likely N-dealkylation sites (N-methyl/N-ethyl adjacent to an activating group) is 2. The molecule has 84 valence electrons. The molecular weight excluding hydrogens is 208 g/mol. The van der Waals surface area contributed by atoms with Gasteiger partial charge in [0.15, 0.2) is 0 Å². The second-order valence-electron chi connectivity index (χ2n) is 3.95. The summed E-state index contributed by atoms with van der Waals surface area (Å²) >= 11 is 5.03. The number of anilines is 1. The molecule has 0 radical (unpaired) electrons. The van der Waals surface area contributed by atoms with Crippen LogP contribution in [0, 0.1) is 11.4 Å². The van der Waals surface area contributed by atoms with Gasteiger partial charge in [-0.15, -0.1) is 0 Å². The molecule has 0 unspecified atom stereocenters. The Morgan fingerprint density at radius 3 is 2.33 bits per heavy atom. The van der Waals surface area contributed by atoms with Crippen LogP contribution in [0.2, 0.25) is 0 Å². The highest BCUT2D eigenvalue weighted by molar-refractivity contribution is 7.71. The second-order valence-corrected chi connectivity index (χ2v) is 4.36. The van der Waals surface area contributed by atoms with Crippen molar-refractivity contribution in [3.05, 3.63) is 20.3 Å². The van der Waals surface area contributed by atoms with Crippen molar-refractivity contribution in [2.24, 2.45) is 0 Å². The van der Waals surface area contributed by atoms with Crippen molar-refractivity contribution in [3.8, 4) is 0 Å². The van der Waals surface area contributed by atoms with Crippen molar-refractivity contribution >= 4 is 17.9 Å². The first-order valence-corrected chi connectivity index (χ1v) is 5.59. The van der Waals surface area contributed by atoms with Crippen molar-refractivity contribution in [2.75, 3.05) is 38.6 Å². The Kier molecular flexibility index (Phi) is 3.99. The highest BCUT2D eigenvalue weighted by Crippen LogP contribution is 2.19. The molecule has 0 aromatic heterocycles. The normalized spacial score (nSPS) is 11.3. The zero-order valence-corrected chi connectivity index (χ0v) is 10.6. The minimum Gasteiger partial charge on any atom is -0.372 e. The summed E-state index contributed by atoms with van der Waals surface area (Å²) in [7, 11) is 4.07. The Morgan fingerprint density at radius 2 is 1.87 bits per heavy atom. The van der Waals surface area contributed by atoms with Crippen LogP contribution in [-0.2, 0) is 0 Å². The summed E-state index contributed by atoms with van der Waals surface area (Å²) < 4.78 is 0.495. The van der Waals surface area contributed by atoms with Gasteiger partial charge in [-0.1, -0.05) is 19.1 Å². The van der Waals surface area contributed by atoms with Gasteiger partial charge in [0, 0.05) is 25.7 Å². The highest BCUT2D eigenvalue weighted by Gasteiger charge is 2.16. The molecule has 0 heterocycles. The summed E-state index contributed by atoms with van der Waals surface area (Å²) in [5.74, 6) is 0. The van der Waals surface area contributed by atoms with Gasteiger partial charge in [-0.05, 0) is 20.5 Å². The zero-order chi connectivity index (χ0) is 11.6. The van der Waals surface area contributed by atoms with Crippen LogP contribution in [0.15, 0.2) is 4.79 Å². The minimum atomic E-state index is 0.0377. The van der Waals surface area contributed by atoms with Crippen LogP contribution in [0.5, 0.6) is 0 Å². The quantitative estimate of drug-likeness (QED) is 0.707. The smallest absolute Gasteiger partial charge is 0.203 e. The van der Waals surface area contributed by atoms with E-state index in [4.69, 9.17) is 12.2 Å². The summed E-state index contributed by atoms with van der Waals surface area (Å²) in [6.07, 6.45) is 0. The van der Waals surface area contributed by atoms with E-state index in [9.17, 15) is 4.79 Å². The first-order chi connectivity index (χ1) is 6.99. The maximum absolute atomic E-state index is 11.2. The predicted octanol–water partition coefficient (Wildman–Crippen LogP) is 1.35. The summed E-state index contributed by atoms with van der Waals surface area (Å²) in [4.78, 5) is 15.5. The third-order valence-electron chi connectivity index (χ3n) is 2.86.